The van der Waals surface area contributed by atoms with Crippen LogP contribution in [0, 0.1) is 0 Å². The van der Waals surface area contributed by atoms with Crippen LogP contribution in [0.2, 0.25) is 0 Å². The standard InChI is InChI=1S/C21H22BrN3O2/c1-25-9-7-15(8-10-25)23-20(13-3-2-4-16(26)11-13)19-17-12-14(22)5-6-18(17)24-21(19)27/h2-6,11-12,15,23,26H,7-10H2,1H3,(H,24,27)/b20-19-. The Labute approximate surface area is 167 Å². The lowest BCUT2D eigenvalue weighted by atomic mass is 9.97. The fourth-order valence-corrected chi connectivity index (χ4v) is 4.07. The number of phenolic OH excluding ortho intramolecular Hbond substituents is 1. The number of carbonyl (C=O) groups excluding carboxylic acids is 1. The maximum atomic E-state index is 12.8. The number of nitrogens with one attached hydrogen (secondary N) is 2. The van der Waals surface area contributed by atoms with Gasteiger partial charge in [-0.3, -0.25) is 4.79 Å². The smallest absolute Gasteiger partial charge is 0.258 e. The molecule has 0 radical (unpaired) electrons. The number of benzene rings is 2. The molecule has 2 aliphatic heterocycles. The van der Waals surface area contributed by atoms with Crippen LogP contribution in [-0.4, -0.2) is 42.1 Å². The van der Waals surface area contributed by atoms with E-state index in [0.717, 1.165) is 52.9 Å². The molecule has 1 saturated heterocycles. The highest BCUT2D eigenvalue weighted by atomic mass is 79.9. The van der Waals surface area contributed by atoms with Gasteiger partial charge in [0.1, 0.15) is 5.75 Å². The van der Waals surface area contributed by atoms with Crippen LogP contribution in [0.3, 0.4) is 0 Å². The predicted octanol–water partition coefficient (Wildman–Crippen LogP) is 3.66. The zero-order valence-corrected chi connectivity index (χ0v) is 16.7. The second-order valence-corrected chi connectivity index (χ2v) is 8.08. The summed E-state index contributed by atoms with van der Waals surface area (Å²) in [5.74, 6) is 0.0607. The van der Waals surface area contributed by atoms with Crippen LogP contribution in [0.4, 0.5) is 5.69 Å². The van der Waals surface area contributed by atoms with Gasteiger partial charge in [0.2, 0.25) is 0 Å². The minimum atomic E-state index is -0.123. The van der Waals surface area contributed by atoms with Crippen molar-refractivity contribution in [3.05, 3.63) is 58.1 Å². The molecule has 6 heteroatoms. The highest BCUT2D eigenvalue weighted by molar-refractivity contribution is 9.10. The van der Waals surface area contributed by atoms with Gasteiger partial charge in [-0.05, 0) is 63.3 Å². The van der Waals surface area contributed by atoms with Crippen molar-refractivity contribution >= 4 is 38.8 Å². The number of amides is 1. The molecule has 0 saturated carbocycles. The van der Waals surface area contributed by atoms with Crippen LogP contribution in [0.1, 0.15) is 24.0 Å². The molecule has 2 aliphatic rings. The van der Waals surface area contributed by atoms with E-state index in [9.17, 15) is 9.90 Å². The molecule has 1 fully saturated rings. The van der Waals surface area contributed by atoms with E-state index in [0.29, 0.717) is 5.57 Å². The third kappa shape index (κ3) is 3.73. The Morgan fingerprint density at radius 3 is 2.74 bits per heavy atom. The van der Waals surface area contributed by atoms with Gasteiger partial charge in [0, 0.05) is 27.3 Å². The number of likely N-dealkylation sites (tertiary alicyclic amines) is 1. The maximum Gasteiger partial charge on any atom is 0.258 e. The minimum absolute atomic E-state index is 0.123. The van der Waals surface area contributed by atoms with Crippen LogP contribution >= 0.6 is 15.9 Å². The number of aromatic hydroxyl groups is 1. The Hall–Kier alpha value is -2.31. The average molecular weight is 428 g/mol. The number of fused-ring (bicyclic) bond motifs is 1. The van der Waals surface area contributed by atoms with Gasteiger partial charge in [-0.25, -0.2) is 0 Å². The second-order valence-electron chi connectivity index (χ2n) is 7.17. The number of piperidine rings is 1. The van der Waals surface area contributed by atoms with E-state index in [1.165, 1.54) is 0 Å². The molecular formula is C21H22BrN3O2. The van der Waals surface area contributed by atoms with Gasteiger partial charge in [0.15, 0.2) is 0 Å². The average Bonchev–Trinajstić information content (AvgIpc) is 2.96. The fraction of sp³-hybridized carbons (Fsp3) is 0.286. The van der Waals surface area contributed by atoms with E-state index in [1.54, 1.807) is 18.2 Å². The number of hydrogen-bond donors (Lipinski definition) is 3. The van der Waals surface area contributed by atoms with E-state index in [4.69, 9.17) is 0 Å². The van der Waals surface area contributed by atoms with Crippen molar-refractivity contribution in [1.29, 1.82) is 0 Å². The van der Waals surface area contributed by atoms with Gasteiger partial charge < -0.3 is 20.6 Å². The number of hydrogen-bond acceptors (Lipinski definition) is 4. The van der Waals surface area contributed by atoms with Crippen LogP contribution in [-0.2, 0) is 4.79 Å². The number of halogens is 1. The van der Waals surface area contributed by atoms with E-state index in [2.05, 4.69) is 38.5 Å². The molecule has 27 heavy (non-hydrogen) atoms. The lowest BCUT2D eigenvalue weighted by Crippen LogP contribution is -2.40. The molecule has 140 valence electrons. The SMILES string of the molecule is CN1CCC(N/C(=C2\C(=O)Nc3ccc(Br)cc32)c2cccc(O)c2)CC1. The van der Waals surface area contributed by atoms with Gasteiger partial charge >= 0.3 is 0 Å². The van der Waals surface area contributed by atoms with Crippen molar-refractivity contribution < 1.29 is 9.90 Å². The third-order valence-electron chi connectivity index (χ3n) is 5.18. The molecule has 3 N–H and O–H groups in total. The van der Waals surface area contributed by atoms with Crippen LogP contribution in [0.25, 0.3) is 11.3 Å². The van der Waals surface area contributed by atoms with Crippen molar-refractivity contribution in [2.75, 3.05) is 25.5 Å². The molecule has 2 aromatic carbocycles. The molecule has 0 atom stereocenters. The fourth-order valence-electron chi connectivity index (χ4n) is 3.71. The largest absolute Gasteiger partial charge is 0.508 e. The number of carbonyl (C=O) groups is 1. The van der Waals surface area contributed by atoms with Crippen LogP contribution in [0.15, 0.2) is 46.9 Å². The summed E-state index contributed by atoms with van der Waals surface area (Å²) >= 11 is 3.51. The quantitative estimate of drug-likeness (QED) is 0.653. The number of anilines is 1. The Balaban J connectivity index is 1.82. The summed E-state index contributed by atoms with van der Waals surface area (Å²) in [5, 5.41) is 16.6. The van der Waals surface area contributed by atoms with Gasteiger partial charge in [-0.1, -0.05) is 28.1 Å². The Morgan fingerprint density at radius 2 is 2.00 bits per heavy atom. The zero-order chi connectivity index (χ0) is 19.0. The van der Waals surface area contributed by atoms with Gasteiger partial charge in [-0.15, -0.1) is 0 Å². The van der Waals surface area contributed by atoms with Crippen LogP contribution in [0.5, 0.6) is 5.75 Å². The Bertz CT molecular complexity index is 917. The van der Waals surface area contributed by atoms with Gasteiger partial charge in [0.05, 0.1) is 11.3 Å². The van der Waals surface area contributed by atoms with E-state index >= 15 is 0 Å². The monoisotopic (exact) mass is 427 g/mol. The lowest BCUT2D eigenvalue weighted by Gasteiger charge is -2.31. The van der Waals surface area contributed by atoms with Crippen molar-refractivity contribution in [3.63, 3.8) is 0 Å². The third-order valence-corrected chi connectivity index (χ3v) is 5.67. The van der Waals surface area contributed by atoms with Crippen molar-refractivity contribution in [2.45, 2.75) is 18.9 Å². The molecule has 0 bridgehead atoms. The van der Waals surface area contributed by atoms with Crippen LogP contribution < -0.4 is 10.6 Å². The predicted molar refractivity (Wildman–Crippen MR) is 111 cm³/mol. The van der Waals surface area contributed by atoms with Gasteiger partial charge in [0.25, 0.3) is 5.91 Å². The normalized spacial score (nSPS) is 19.6. The molecule has 2 heterocycles. The first kappa shape index (κ1) is 18.1. The van der Waals surface area contributed by atoms with Crippen molar-refractivity contribution in [3.8, 4) is 5.75 Å². The summed E-state index contributed by atoms with van der Waals surface area (Å²) < 4.78 is 0.921. The first-order valence-corrected chi connectivity index (χ1v) is 9.90. The summed E-state index contributed by atoms with van der Waals surface area (Å²) in [6.45, 7) is 2.04. The summed E-state index contributed by atoms with van der Waals surface area (Å²) in [5.41, 5.74) is 3.88. The van der Waals surface area contributed by atoms with Crippen molar-refractivity contribution in [1.82, 2.24) is 10.2 Å². The lowest BCUT2D eigenvalue weighted by molar-refractivity contribution is -0.110. The summed E-state index contributed by atoms with van der Waals surface area (Å²) in [6.07, 6.45) is 2.03. The molecule has 0 spiro atoms. The minimum Gasteiger partial charge on any atom is -0.508 e. The van der Waals surface area contributed by atoms with E-state index in [1.807, 2.05) is 24.3 Å². The molecule has 2 aromatic rings. The second kappa shape index (κ2) is 7.37. The first-order chi connectivity index (χ1) is 13.0. The Kier molecular flexibility index (Phi) is 4.93. The molecule has 0 aromatic heterocycles. The number of rotatable bonds is 3. The molecular weight excluding hydrogens is 406 g/mol. The molecule has 0 unspecified atom stereocenters. The number of phenols is 1. The molecule has 5 nitrogen and oxygen atoms in total. The van der Waals surface area contributed by atoms with Gasteiger partial charge in [-0.2, -0.15) is 0 Å². The maximum absolute atomic E-state index is 12.8. The van der Waals surface area contributed by atoms with E-state index in [-0.39, 0.29) is 17.7 Å². The molecule has 0 aliphatic carbocycles. The van der Waals surface area contributed by atoms with Crippen molar-refractivity contribution in [2.24, 2.45) is 0 Å². The zero-order valence-electron chi connectivity index (χ0n) is 15.1. The first-order valence-electron chi connectivity index (χ1n) is 9.11. The number of nitrogens with zero attached hydrogens (tertiary/aromatic N) is 1. The topological polar surface area (TPSA) is 64.6 Å². The summed E-state index contributed by atoms with van der Waals surface area (Å²) in [6, 6.07) is 13.1. The summed E-state index contributed by atoms with van der Waals surface area (Å²) in [4.78, 5) is 15.2. The Morgan fingerprint density at radius 1 is 1.22 bits per heavy atom. The summed E-state index contributed by atoms with van der Waals surface area (Å²) in [7, 11) is 2.13. The highest BCUT2D eigenvalue weighted by Crippen LogP contribution is 2.38. The van der Waals surface area contributed by atoms with E-state index < -0.39 is 0 Å². The highest BCUT2D eigenvalue weighted by Gasteiger charge is 2.30. The molecule has 1 amide bonds. The molecule has 4 rings (SSSR count).